The number of rotatable bonds is 7. The van der Waals surface area contributed by atoms with E-state index in [4.69, 9.17) is 0 Å². The van der Waals surface area contributed by atoms with Gasteiger partial charge in [0.05, 0.1) is 11.7 Å². The number of carbonyl (C=O) groups excluding carboxylic acids is 3. The molecule has 1 aromatic rings. The Morgan fingerprint density at radius 3 is 2.64 bits per heavy atom. The van der Waals surface area contributed by atoms with Crippen LogP contribution < -0.4 is 10.6 Å². The van der Waals surface area contributed by atoms with E-state index < -0.39 is 11.8 Å². The van der Waals surface area contributed by atoms with Gasteiger partial charge in [-0.1, -0.05) is 12.1 Å². The molecule has 0 unspecified atom stereocenters. The van der Waals surface area contributed by atoms with E-state index in [0.29, 0.717) is 36.1 Å². The van der Waals surface area contributed by atoms with Gasteiger partial charge in [0.15, 0.2) is 0 Å². The molecular formula is C17H22N2O4S2. The lowest BCUT2D eigenvalue weighted by Gasteiger charge is -2.11. The number of hydrogen-bond donors (Lipinski definition) is 2. The molecule has 2 N–H and O–H groups in total. The van der Waals surface area contributed by atoms with Crippen molar-refractivity contribution in [2.45, 2.75) is 23.8 Å². The Balaban J connectivity index is 1.74. The number of esters is 1. The summed E-state index contributed by atoms with van der Waals surface area (Å²) in [5.74, 6) is 0.627. The fraction of sp³-hybridized carbons (Fsp3) is 0.471. The van der Waals surface area contributed by atoms with Crippen molar-refractivity contribution in [1.82, 2.24) is 5.32 Å². The third-order valence-corrected chi connectivity index (χ3v) is 6.67. The molecule has 1 heterocycles. The van der Waals surface area contributed by atoms with Gasteiger partial charge in [-0.2, -0.15) is 0 Å². The van der Waals surface area contributed by atoms with Crippen molar-refractivity contribution in [2.75, 3.05) is 30.5 Å². The Hall–Kier alpha value is -1.67. The average Bonchev–Trinajstić information content (AvgIpc) is 3.16. The molecule has 0 bridgehead atoms. The van der Waals surface area contributed by atoms with E-state index in [9.17, 15) is 14.4 Å². The molecule has 1 aromatic carbocycles. The Morgan fingerprint density at radius 2 is 1.92 bits per heavy atom. The number of methoxy groups -OCH3 is 1. The van der Waals surface area contributed by atoms with Crippen LogP contribution in [0.15, 0.2) is 24.3 Å². The molecule has 2 amide bonds. The van der Waals surface area contributed by atoms with E-state index in [0.717, 1.165) is 17.1 Å². The first-order valence-corrected chi connectivity index (χ1v) is 10.2. The minimum Gasteiger partial charge on any atom is -0.469 e. The summed E-state index contributed by atoms with van der Waals surface area (Å²) in [5, 5.41) is 5.18. The lowest BCUT2D eigenvalue weighted by molar-refractivity contribution is -0.140. The molecule has 0 aromatic heterocycles. The summed E-state index contributed by atoms with van der Waals surface area (Å²) >= 11 is 3.77. The third kappa shape index (κ3) is 6.62. The van der Waals surface area contributed by atoms with Gasteiger partial charge in [0.2, 0.25) is 0 Å². The highest BCUT2D eigenvalue weighted by Gasteiger charge is 2.19. The number of amides is 2. The highest BCUT2D eigenvalue weighted by Crippen LogP contribution is 2.45. The molecule has 0 saturated carbocycles. The summed E-state index contributed by atoms with van der Waals surface area (Å²) in [4.78, 5) is 34.7. The van der Waals surface area contributed by atoms with Crippen molar-refractivity contribution in [2.24, 2.45) is 0 Å². The Morgan fingerprint density at radius 1 is 1.16 bits per heavy atom. The maximum absolute atomic E-state index is 12.0. The lowest BCUT2D eigenvalue weighted by atomic mass is 10.2. The molecule has 25 heavy (non-hydrogen) atoms. The van der Waals surface area contributed by atoms with Gasteiger partial charge in [-0.3, -0.25) is 14.4 Å². The summed E-state index contributed by atoms with van der Waals surface area (Å²) in [6, 6.07) is 7.61. The van der Waals surface area contributed by atoms with Crippen LogP contribution in [-0.2, 0) is 19.1 Å². The second-order valence-electron chi connectivity index (χ2n) is 5.44. The number of anilines is 1. The van der Waals surface area contributed by atoms with Crippen LogP contribution in [0.1, 0.15) is 29.4 Å². The van der Waals surface area contributed by atoms with Crippen molar-refractivity contribution in [3.8, 4) is 0 Å². The molecule has 0 spiro atoms. The minimum absolute atomic E-state index is 0.275. The van der Waals surface area contributed by atoms with Crippen LogP contribution >= 0.6 is 23.5 Å². The van der Waals surface area contributed by atoms with Crippen LogP contribution in [0.3, 0.4) is 0 Å². The Bertz CT molecular complexity index is 618. The zero-order valence-electron chi connectivity index (χ0n) is 14.1. The molecule has 6 nitrogen and oxygen atoms in total. The first kappa shape index (κ1) is 19.7. The normalized spacial score (nSPS) is 14.1. The van der Waals surface area contributed by atoms with Crippen molar-refractivity contribution < 1.29 is 19.1 Å². The van der Waals surface area contributed by atoms with Crippen molar-refractivity contribution in [3.05, 3.63) is 29.8 Å². The van der Waals surface area contributed by atoms with Crippen LogP contribution in [0.2, 0.25) is 0 Å². The molecule has 1 fully saturated rings. The predicted octanol–water partition coefficient (Wildman–Crippen LogP) is 2.56. The number of unbranched alkanes of at least 4 members (excludes halogenated alkanes) is 1. The Kier molecular flexibility index (Phi) is 8.14. The SMILES string of the molecule is COC(=O)CCCCNC(=O)C(=O)Nc1cccc(C2SCCS2)c1. The highest BCUT2D eigenvalue weighted by atomic mass is 32.2. The topological polar surface area (TPSA) is 84.5 Å². The number of ether oxygens (including phenoxy) is 1. The lowest BCUT2D eigenvalue weighted by Crippen LogP contribution is -2.35. The number of thioether (sulfide) groups is 2. The van der Waals surface area contributed by atoms with Gasteiger partial charge >= 0.3 is 17.8 Å². The molecular weight excluding hydrogens is 360 g/mol. The first-order valence-electron chi connectivity index (χ1n) is 8.09. The van der Waals surface area contributed by atoms with Crippen molar-refractivity contribution in [3.63, 3.8) is 0 Å². The maximum Gasteiger partial charge on any atom is 0.313 e. The van der Waals surface area contributed by atoms with E-state index in [1.807, 2.05) is 41.7 Å². The van der Waals surface area contributed by atoms with Crippen LogP contribution in [0.4, 0.5) is 5.69 Å². The predicted molar refractivity (Wildman–Crippen MR) is 102 cm³/mol. The highest BCUT2D eigenvalue weighted by molar-refractivity contribution is 8.19. The van der Waals surface area contributed by atoms with Gasteiger partial charge in [-0.05, 0) is 30.5 Å². The van der Waals surface area contributed by atoms with E-state index >= 15 is 0 Å². The smallest absolute Gasteiger partial charge is 0.313 e. The average molecular weight is 383 g/mol. The van der Waals surface area contributed by atoms with Gasteiger partial charge in [-0.15, -0.1) is 23.5 Å². The van der Waals surface area contributed by atoms with Gasteiger partial charge in [0, 0.05) is 30.2 Å². The second kappa shape index (κ2) is 10.4. The van der Waals surface area contributed by atoms with Crippen molar-refractivity contribution >= 4 is 47.0 Å². The molecule has 136 valence electrons. The van der Waals surface area contributed by atoms with Crippen LogP contribution in [0.5, 0.6) is 0 Å². The summed E-state index contributed by atoms with van der Waals surface area (Å²) in [5.41, 5.74) is 1.77. The number of nitrogens with one attached hydrogen (secondary N) is 2. The Labute approximate surface area is 155 Å². The third-order valence-electron chi connectivity index (χ3n) is 3.57. The zero-order valence-corrected chi connectivity index (χ0v) is 15.7. The largest absolute Gasteiger partial charge is 0.469 e. The molecule has 0 radical (unpaired) electrons. The van der Waals surface area contributed by atoms with Crippen LogP contribution in [0, 0.1) is 0 Å². The molecule has 1 saturated heterocycles. The summed E-state index contributed by atoms with van der Waals surface area (Å²) in [6.07, 6.45) is 1.52. The van der Waals surface area contributed by atoms with Gasteiger partial charge < -0.3 is 15.4 Å². The zero-order chi connectivity index (χ0) is 18.1. The molecule has 8 heteroatoms. The van der Waals surface area contributed by atoms with Crippen molar-refractivity contribution in [1.29, 1.82) is 0 Å². The van der Waals surface area contributed by atoms with Crippen LogP contribution in [-0.4, -0.2) is 42.9 Å². The summed E-state index contributed by atoms with van der Waals surface area (Å²) < 4.78 is 4.92. The molecule has 2 rings (SSSR count). The molecule has 1 aliphatic heterocycles. The monoisotopic (exact) mass is 382 g/mol. The summed E-state index contributed by atoms with van der Waals surface area (Å²) in [7, 11) is 1.34. The van der Waals surface area contributed by atoms with Gasteiger partial charge in [-0.25, -0.2) is 0 Å². The van der Waals surface area contributed by atoms with E-state index in [1.165, 1.54) is 7.11 Å². The summed E-state index contributed by atoms with van der Waals surface area (Å²) in [6.45, 7) is 0.346. The number of hydrogen-bond acceptors (Lipinski definition) is 6. The number of carbonyl (C=O) groups is 3. The first-order chi connectivity index (χ1) is 12.1. The second-order valence-corrected chi connectivity index (χ2v) is 8.17. The van der Waals surface area contributed by atoms with Gasteiger partial charge in [0.1, 0.15) is 0 Å². The quantitative estimate of drug-likeness (QED) is 0.428. The molecule has 1 aliphatic rings. The standard InChI is InChI=1S/C17H22N2O4S2/c1-23-14(20)7-2-3-8-18-15(21)16(22)19-13-6-4-5-12(11-13)17-24-9-10-25-17/h4-6,11,17H,2-3,7-10H2,1H3,(H,18,21)(H,19,22). The van der Waals surface area contributed by atoms with E-state index in [2.05, 4.69) is 15.4 Å². The maximum atomic E-state index is 12.0. The number of benzene rings is 1. The van der Waals surface area contributed by atoms with Gasteiger partial charge in [0.25, 0.3) is 0 Å². The fourth-order valence-electron chi connectivity index (χ4n) is 2.28. The van der Waals surface area contributed by atoms with E-state index in [-0.39, 0.29) is 5.97 Å². The molecule has 0 aliphatic carbocycles. The molecule has 0 atom stereocenters. The van der Waals surface area contributed by atoms with E-state index in [1.54, 1.807) is 6.07 Å². The van der Waals surface area contributed by atoms with Crippen LogP contribution in [0.25, 0.3) is 0 Å². The minimum atomic E-state index is -0.683. The fourth-order valence-corrected chi connectivity index (χ4v) is 5.12.